The lowest BCUT2D eigenvalue weighted by atomic mass is 9.83. The van der Waals surface area contributed by atoms with Crippen LogP contribution in [0.25, 0.3) is 22.1 Å². The van der Waals surface area contributed by atoms with E-state index < -0.39 is 11.5 Å². The minimum absolute atomic E-state index is 0.0220. The predicted octanol–water partition coefficient (Wildman–Crippen LogP) is 3.47. The molecule has 1 aliphatic heterocycles. The first kappa shape index (κ1) is 17.6. The average molecular weight is 394 g/mol. The fraction of sp³-hybridized carbons (Fsp3) is 0.0435. The molecule has 1 unspecified atom stereocenters. The molecule has 30 heavy (non-hydrogen) atoms. The molecule has 2 N–H and O–H groups in total. The molecule has 0 saturated carbocycles. The number of nitrogens with zero attached hydrogens (tertiary/aromatic N) is 3. The van der Waals surface area contributed by atoms with Gasteiger partial charge in [-0.1, -0.05) is 36.4 Å². The number of hydrogen-bond acceptors (Lipinski definition) is 7. The predicted molar refractivity (Wildman–Crippen MR) is 109 cm³/mol. The third-order valence-corrected chi connectivity index (χ3v) is 5.11. The van der Waals surface area contributed by atoms with Gasteiger partial charge in [-0.25, -0.2) is 14.8 Å². The number of fused-ring (bicyclic) bond motifs is 3. The first-order chi connectivity index (χ1) is 14.7. The highest BCUT2D eigenvalue weighted by Gasteiger charge is 2.35. The minimum atomic E-state index is -0.694. The Hall–Kier alpha value is -4.44. The molecule has 4 aromatic rings. The maximum absolute atomic E-state index is 12.9. The van der Waals surface area contributed by atoms with Crippen molar-refractivity contribution in [2.24, 2.45) is 5.73 Å². The molecule has 1 aliphatic rings. The Labute approximate surface area is 170 Å². The summed E-state index contributed by atoms with van der Waals surface area (Å²) in [5.74, 6) is -0.393. The first-order valence-electron chi connectivity index (χ1n) is 9.16. The zero-order valence-electron chi connectivity index (χ0n) is 15.6. The van der Waals surface area contributed by atoms with E-state index in [1.807, 2.05) is 30.3 Å². The lowest BCUT2D eigenvalue weighted by Crippen LogP contribution is -2.26. The van der Waals surface area contributed by atoms with Crippen LogP contribution in [0.5, 0.6) is 5.75 Å². The summed E-state index contributed by atoms with van der Waals surface area (Å²) >= 11 is 0. The van der Waals surface area contributed by atoms with Crippen molar-refractivity contribution in [3.05, 3.63) is 100 Å². The molecule has 144 valence electrons. The van der Waals surface area contributed by atoms with Crippen LogP contribution in [-0.2, 0) is 0 Å². The molecule has 7 heteroatoms. The van der Waals surface area contributed by atoms with Gasteiger partial charge in [-0.15, -0.1) is 0 Å². The molecule has 3 heterocycles. The summed E-state index contributed by atoms with van der Waals surface area (Å²) < 4.78 is 11.2. The maximum Gasteiger partial charge on any atom is 0.344 e. The SMILES string of the molecule is N#CC1=C(N)Oc2c(c(=O)oc3ccccc23)C1c1ccc(-c2cncnc2)cc1. The number of ether oxygens (including phenoxy) is 1. The van der Waals surface area contributed by atoms with Crippen LogP contribution < -0.4 is 16.1 Å². The van der Waals surface area contributed by atoms with E-state index in [0.29, 0.717) is 16.7 Å². The smallest absolute Gasteiger partial charge is 0.344 e. The molecular weight excluding hydrogens is 380 g/mol. The summed E-state index contributed by atoms with van der Waals surface area (Å²) in [5, 5.41) is 10.4. The summed E-state index contributed by atoms with van der Waals surface area (Å²) in [6.07, 6.45) is 4.89. The Morgan fingerprint density at radius 2 is 1.73 bits per heavy atom. The number of benzene rings is 2. The van der Waals surface area contributed by atoms with Crippen LogP contribution in [0, 0.1) is 11.3 Å². The van der Waals surface area contributed by atoms with Crippen LogP contribution in [0.1, 0.15) is 17.0 Å². The Kier molecular flexibility index (Phi) is 4.04. The van der Waals surface area contributed by atoms with Gasteiger partial charge in [0.1, 0.15) is 23.6 Å². The zero-order chi connectivity index (χ0) is 20.7. The molecule has 0 amide bonds. The molecule has 2 aromatic heterocycles. The Morgan fingerprint density at radius 1 is 1.00 bits per heavy atom. The number of nitriles is 1. The molecule has 1 atom stereocenters. The largest absolute Gasteiger partial charge is 0.439 e. The first-order valence-corrected chi connectivity index (χ1v) is 9.16. The van der Waals surface area contributed by atoms with Crippen molar-refractivity contribution >= 4 is 11.0 Å². The van der Waals surface area contributed by atoms with Gasteiger partial charge in [0.05, 0.1) is 16.9 Å². The van der Waals surface area contributed by atoms with Crippen molar-refractivity contribution in [1.29, 1.82) is 5.26 Å². The average Bonchev–Trinajstić information content (AvgIpc) is 2.79. The highest BCUT2D eigenvalue weighted by molar-refractivity contribution is 5.86. The van der Waals surface area contributed by atoms with E-state index in [0.717, 1.165) is 16.7 Å². The van der Waals surface area contributed by atoms with E-state index >= 15 is 0 Å². The Bertz CT molecular complexity index is 1400. The van der Waals surface area contributed by atoms with Gasteiger partial charge < -0.3 is 14.9 Å². The third kappa shape index (κ3) is 2.71. The van der Waals surface area contributed by atoms with Gasteiger partial charge in [-0.3, -0.25) is 0 Å². The third-order valence-electron chi connectivity index (χ3n) is 5.11. The maximum atomic E-state index is 12.9. The fourth-order valence-corrected chi connectivity index (χ4v) is 3.72. The van der Waals surface area contributed by atoms with E-state index in [-0.39, 0.29) is 17.0 Å². The van der Waals surface area contributed by atoms with Gasteiger partial charge in [0.15, 0.2) is 5.75 Å². The summed E-state index contributed by atoms with van der Waals surface area (Å²) in [4.78, 5) is 20.9. The van der Waals surface area contributed by atoms with Gasteiger partial charge in [0.25, 0.3) is 0 Å². The molecule has 0 saturated heterocycles. The number of rotatable bonds is 2. The number of nitrogens with two attached hydrogens (primary N) is 1. The van der Waals surface area contributed by atoms with Gasteiger partial charge in [-0.2, -0.15) is 5.26 Å². The summed E-state index contributed by atoms with van der Waals surface area (Å²) in [6.45, 7) is 0. The van der Waals surface area contributed by atoms with Crippen LogP contribution in [-0.4, -0.2) is 9.97 Å². The van der Waals surface area contributed by atoms with Crippen molar-refractivity contribution in [3.63, 3.8) is 0 Å². The summed E-state index contributed by atoms with van der Waals surface area (Å²) in [5.41, 5.74) is 8.84. The van der Waals surface area contributed by atoms with Gasteiger partial charge >= 0.3 is 5.63 Å². The van der Waals surface area contributed by atoms with Crippen molar-refractivity contribution in [3.8, 4) is 22.9 Å². The number of aromatic nitrogens is 2. The van der Waals surface area contributed by atoms with E-state index in [4.69, 9.17) is 14.9 Å². The zero-order valence-corrected chi connectivity index (χ0v) is 15.6. The molecule has 5 rings (SSSR count). The van der Waals surface area contributed by atoms with Crippen LogP contribution in [0.4, 0.5) is 0 Å². The van der Waals surface area contributed by atoms with E-state index in [1.54, 1.807) is 30.6 Å². The van der Waals surface area contributed by atoms with E-state index in [9.17, 15) is 10.1 Å². The lowest BCUT2D eigenvalue weighted by molar-refractivity contribution is 0.388. The molecule has 0 aliphatic carbocycles. The van der Waals surface area contributed by atoms with Crippen molar-refractivity contribution < 1.29 is 9.15 Å². The molecule has 7 nitrogen and oxygen atoms in total. The molecule has 2 aromatic carbocycles. The van der Waals surface area contributed by atoms with Gasteiger partial charge in [-0.05, 0) is 23.3 Å². The molecular formula is C23H14N4O3. The molecule has 0 spiro atoms. The number of hydrogen-bond donors (Lipinski definition) is 1. The second kappa shape index (κ2) is 6.87. The van der Waals surface area contributed by atoms with Gasteiger partial charge in [0.2, 0.25) is 5.88 Å². The van der Waals surface area contributed by atoms with E-state index in [2.05, 4.69) is 16.0 Å². The number of para-hydroxylation sites is 1. The standard InChI is InChI=1S/C23H14N4O3/c24-9-17-19(14-7-5-13(6-8-14)15-10-26-12-27-11-15)20-21(30-22(17)25)16-3-1-2-4-18(16)29-23(20)28/h1-8,10-12,19H,25H2. The minimum Gasteiger partial charge on any atom is -0.439 e. The second-order valence-electron chi connectivity index (χ2n) is 6.80. The van der Waals surface area contributed by atoms with Crippen LogP contribution >= 0.6 is 0 Å². The Balaban J connectivity index is 1.71. The second-order valence-corrected chi connectivity index (χ2v) is 6.80. The van der Waals surface area contributed by atoms with E-state index in [1.165, 1.54) is 6.33 Å². The fourth-order valence-electron chi connectivity index (χ4n) is 3.72. The van der Waals surface area contributed by atoms with Gasteiger partial charge in [0, 0.05) is 18.0 Å². The summed E-state index contributed by atoms with van der Waals surface area (Å²) in [7, 11) is 0. The van der Waals surface area contributed by atoms with Crippen molar-refractivity contribution in [1.82, 2.24) is 9.97 Å². The molecule has 0 fully saturated rings. The number of allylic oxidation sites excluding steroid dienone is 1. The highest BCUT2D eigenvalue weighted by atomic mass is 16.5. The van der Waals surface area contributed by atoms with Crippen LogP contribution in [0.15, 0.2) is 87.9 Å². The monoisotopic (exact) mass is 394 g/mol. The van der Waals surface area contributed by atoms with Crippen molar-refractivity contribution in [2.75, 3.05) is 0 Å². The summed E-state index contributed by atoms with van der Waals surface area (Å²) in [6, 6.07) is 16.6. The quantitative estimate of drug-likeness (QED) is 0.518. The van der Waals surface area contributed by atoms with Crippen molar-refractivity contribution in [2.45, 2.75) is 5.92 Å². The topological polar surface area (TPSA) is 115 Å². The lowest BCUT2D eigenvalue weighted by Gasteiger charge is -2.26. The normalized spacial score (nSPS) is 15.4. The van der Waals surface area contributed by atoms with Crippen LogP contribution in [0.3, 0.4) is 0 Å². The molecule has 0 radical (unpaired) electrons. The highest BCUT2D eigenvalue weighted by Crippen LogP contribution is 2.43. The Morgan fingerprint density at radius 3 is 2.47 bits per heavy atom. The van der Waals surface area contributed by atoms with Crippen LogP contribution in [0.2, 0.25) is 0 Å². The molecule has 0 bridgehead atoms.